The smallest absolute Gasteiger partial charge is 0.254 e. The summed E-state index contributed by atoms with van der Waals surface area (Å²) in [5, 5.41) is 14.2. The lowest BCUT2D eigenvalue weighted by Crippen LogP contribution is -2.25. The number of thioether (sulfide) groups is 1. The molecule has 8 nitrogen and oxygen atoms in total. The number of carbonyl (C=O) groups excluding carboxylic acids is 2. The fraction of sp³-hybridized carbons (Fsp3) is 0.316. The number of halogens is 1. The van der Waals surface area contributed by atoms with E-state index < -0.39 is 17.0 Å². The topological polar surface area (TPSA) is 102 Å². The summed E-state index contributed by atoms with van der Waals surface area (Å²) >= 11 is 2.67. The van der Waals surface area contributed by atoms with E-state index in [-0.39, 0.29) is 18.0 Å². The zero-order chi connectivity index (χ0) is 21.8. The quantitative estimate of drug-likeness (QED) is 0.539. The molecule has 2 N–H and O–H groups in total. The van der Waals surface area contributed by atoms with E-state index in [2.05, 4.69) is 25.8 Å². The number of rotatable bonds is 7. The van der Waals surface area contributed by atoms with Crippen LogP contribution in [-0.2, 0) is 18.4 Å². The predicted octanol–water partition coefficient (Wildman–Crippen LogP) is 3.08. The largest absolute Gasteiger partial charge is 0.345 e. The van der Waals surface area contributed by atoms with Crippen molar-refractivity contribution in [1.82, 2.24) is 25.1 Å². The van der Waals surface area contributed by atoms with Gasteiger partial charge in [-0.3, -0.25) is 9.59 Å². The third kappa shape index (κ3) is 5.03. The van der Waals surface area contributed by atoms with Gasteiger partial charge >= 0.3 is 0 Å². The average molecular weight is 449 g/mol. The molecule has 0 fully saturated rings. The molecule has 0 aliphatic heterocycles. The molecule has 11 heteroatoms. The second kappa shape index (κ2) is 9.35. The predicted molar refractivity (Wildman–Crippen MR) is 114 cm³/mol. The van der Waals surface area contributed by atoms with Crippen LogP contribution in [0.15, 0.2) is 29.4 Å². The van der Waals surface area contributed by atoms with Crippen molar-refractivity contribution in [2.24, 2.45) is 7.05 Å². The Morgan fingerprint density at radius 1 is 1.27 bits per heavy atom. The molecule has 0 radical (unpaired) electrons. The van der Waals surface area contributed by atoms with Crippen LogP contribution in [-0.4, -0.2) is 36.8 Å². The van der Waals surface area contributed by atoms with E-state index in [0.29, 0.717) is 16.1 Å². The lowest BCUT2D eigenvalue weighted by atomic mass is 10.2. The number of nitrogens with one attached hydrogen (secondary N) is 2. The second-order valence-electron chi connectivity index (χ2n) is 6.53. The van der Waals surface area contributed by atoms with Crippen molar-refractivity contribution in [3.05, 3.63) is 52.0 Å². The molecule has 30 heavy (non-hydrogen) atoms. The van der Waals surface area contributed by atoms with Crippen LogP contribution in [0, 0.1) is 19.7 Å². The number of amides is 2. The number of aromatic nitrogens is 4. The monoisotopic (exact) mass is 448 g/mol. The van der Waals surface area contributed by atoms with E-state index in [1.165, 1.54) is 41.3 Å². The zero-order valence-electron chi connectivity index (χ0n) is 16.9. The van der Waals surface area contributed by atoms with E-state index in [0.717, 1.165) is 10.6 Å². The van der Waals surface area contributed by atoms with Gasteiger partial charge < -0.3 is 15.2 Å². The standard InChI is InChI=1S/C19H21FN6O2S2/c1-10-11(2)29-18(22-10)23-16(27)12(3)30-19-25-24-15(26(19)4)9-21-17(28)13-7-5-6-8-14(13)20/h5-8,12H,9H2,1-4H3,(H,21,28)(H,22,23,27)/t12-/m0/s1. The van der Waals surface area contributed by atoms with Crippen molar-refractivity contribution in [1.29, 1.82) is 0 Å². The summed E-state index contributed by atoms with van der Waals surface area (Å²) in [6.45, 7) is 5.69. The summed E-state index contributed by atoms with van der Waals surface area (Å²) in [5.74, 6) is -0.825. The number of nitrogens with zero attached hydrogens (tertiary/aromatic N) is 4. The maximum atomic E-state index is 13.7. The van der Waals surface area contributed by atoms with Crippen molar-refractivity contribution in [3.8, 4) is 0 Å². The Morgan fingerprint density at radius 3 is 2.67 bits per heavy atom. The molecule has 0 unspecified atom stereocenters. The summed E-state index contributed by atoms with van der Waals surface area (Å²) < 4.78 is 15.4. The first kappa shape index (κ1) is 21.9. The first-order valence-corrected chi connectivity index (χ1v) is 10.8. The summed E-state index contributed by atoms with van der Waals surface area (Å²) in [6, 6.07) is 5.75. The first-order chi connectivity index (χ1) is 14.3. The maximum absolute atomic E-state index is 13.7. The van der Waals surface area contributed by atoms with Gasteiger partial charge in [-0.2, -0.15) is 0 Å². The van der Waals surface area contributed by atoms with Crippen LogP contribution in [0.25, 0.3) is 0 Å². The average Bonchev–Trinajstić information content (AvgIpc) is 3.21. The van der Waals surface area contributed by atoms with Gasteiger partial charge in [-0.05, 0) is 32.9 Å². The highest BCUT2D eigenvalue weighted by Gasteiger charge is 2.20. The third-order valence-electron chi connectivity index (χ3n) is 4.36. The van der Waals surface area contributed by atoms with Crippen LogP contribution in [0.4, 0.5) is 9.52 Å². The molecule has 1 aromatic carbocycles. The number of benzene rings is 1. The van der Waals surface area contributed by atoms with Crippen LogP contribution in [0.3, 0.4) is 0 Å². The molecule has 2 aromatic heterocycles. The molecule has 0 spiro atoms. The van der Waals surface area contributed by atoms with Crippen LogP contribution in [0.1, 0.15) is 33.7 Å². The van der Waals surface area contributed by atoms with Crippen LogP contribution in [0.5, 0.6) is 0 Å². The summed E-state index contributed by atoms with van der Waals surface area (Å²) in [6.07, 6.45) is 0. The van der Waals surface area contributed by atoms with Gasteiger partial charge in [0.15, 0.2) is 16.1 Å². The Labute approximate surface area is 181 Å². The molecule has 158 valence electrons. The molecule has 3 rings (SSSR count). The van der Waals surface area contributed by atoms with Crippen LogP contribution < -0.4 is 10.6 Å². The maximum Gasteiger partial charge on any atom is 0.254 e. The number of hydrogen-bond acceptors (Lipinski definition) is 7. The van der Waals surface area contributed by atoms with Crippen molar-refractivity contribution in [3.63, 3.8) is 0 Å². The van der Waals surface area contributed by atoms with Gasteiger partial charge in [0.25, 0.3) is 5.91 Å². The molecule has 0 aliphatic carbocycles. The van der Waals surface area contributed by atoms with E-state index in [9.17, 15) is 14.0 Å². The highest BCUT2D eigenvalue weighted by atomic mass is 32.2. The summed E-state index contributed by atoms with van der Waals surface area (Å²) in [5.41, 5.74) is 0.859. The fourth-order valence-electron chi connectivity index (χ4n) is 2.45. The third-order valence-corrected chi connectivity index (χ3v) is 6.48. The molecule has 0 saturated heterocycles. The van der Waals surface area contributed by atoms with E-state index in [1.54, 1.807) is 24.6 Å². The lowest BCUT2D eigenvalue weighted by Gasteiger charge is -2.10. The Kier molecular flexibility index (Phi) is 6.83. The minimum Gasteiger partial charge on any atom is -0.345 e. The Balaban J connectivity index is 1.58. The first-order valence-electron chi connectivity index (χ1n) is 9.08. The zero-order valence-corrected chi connectivity index (χ0v) is 18.5. The summed E-state index contributed by atoms with van der Waals surface area (Å²) in [4.78, 5) is 30.0. The number of thiazole rings is 1. The van der Waals surface area contributed by atoms with Gasteiger partial charge in [0, 0.05) is 11.9 Å². The lowest BCUT2D eigenvalue weighted by molar-refractivity contribution is -0.115. The highest BCUT2D eigenvalue weighted by Crippen LogP contribution is 2.25. The van der Waals surface area contributed by atoms with Crippen molar-refractivity contribution >= 4 is 40.0 Å². The van der Waals surface area contributed by atoms with Crippen molar-refractivity contribution < 1.29 is 14.0 Å². The van der Waals surface area contributed by atoms with Gasteiger partial charge in [0.1, 0.15) is 5.82 Å². The molecule has 2 heterocycles. The number of aryl methyl sites for hydroxylation is 2. The molecule has 3 aromatic rings. The summed E-state index contributed by atoms with van der Waals surface area (Å²) in [7, 11) is 1.74. The van der Waals surface area contributed by atoms with Gasteiger partial charge in [0.2, 0.25) is 5.91 Å². The van der Waals surface area contributed by atoms with Crippen molar-refractivity contribution in [2.45, 2.75) is 37.7 Å². The minimum absolute atomic E-state index is 0.0350. The molecule has 1 atom stereocenters. The normalized spacial score (nSPS) is 11.9. The molecule has 2 amide bonds. The number of hydrogen-bond donors (Lipinski definition) is 2. The molecular weight excluding hydrogens is 427 g/mol. The Hall–Kier alpha value is -2.79. The number of anilines is 1. The number of carbonyl (C=O) groups is 2. The van der Waals surface area contributed by atoms with Crippen LogP contribution >= 0.6 is 23.1 Å². The Morgan fingerprint density at radius 2 is 2.00 bits per heavy atom. The van der Waals surface area contributed by atoms with Crippen molar-refractivity contribution in [2.75, 3.05) is 5.32 Å². The molecule has 0 bridgehead atoms. The molecular formula is C19H21FN6O2S2. The van der Waals surface area contributed by atoms with Gasteiger partial charge in [-0.25, -0.2) is 9.37 Å². The SMILES string of the molecule is Cc1nc(NC(=O)[C@H](C)Sc2nnc(CNC(=O)c3ccccc3F)n2C)sc1C. The second-order valence-corrected chi connectivity index (χ2v) is 9.04. The Bertz CT molecular complexity index is 1060. The van der Waals surface area contributed by atoms with Crippen LogP contribution in [0.2, 0.25) is 0 Å². The van der Waals surface area contributed by atoms with Gasteiger partial charge in [-0.1, -0.05) is 23.9 Å². The van der Waals surface area contributed by atoms with E-state index >= 15 is 0 Å². The molecule has 0 saturated carbocycles. The van der Waals surface area contributed by atoms with E-state index in [4.69, 9.17) is 0 Å². The molecule has 0 aliphatic rings. The minimum atomic E-state index is -0.588. The van der Waals surface area contributed by atoms with Gasteiger partial charge in [0.05, 0.1) is 23.1 Å². The van der Waals surface area contributed by atoms with E-state index in [1.807, 2.05) is 13.8 Å². The highest BCUT2D eigenvalue weighted by molar-refractivity contribution is 8.00. The van der Waals surface area contributed by atoms with Gasteiger partial charge in [-0.15, -0.1) is 21.5 Å². The fourth-order valence-corrected chi connectivity index (χ4v) is 4.10.